The van der Waals surface area contributed by atoms with Gasteiger partial charge in [-0.25, -0.2) is 13.1 Å². The zero-order chi connectivity index (χ0) is 15.0. The Labute approximate surface area is 125 Å². The molecule has 2 unspecified atom stereocenters. The Bertz CT molecular complexity index is 771. The lowest BCUT2D eigenvalue weighted by molar-refractivity contribution is 0.477. The maximum atomic E-state index is 12.7. The molecule has 1 aliphatic carbocycles. The van der Waals surface area contributed by atoms with Gasteiger partial charge in [-0.1, -0.05) is 37.6 Å². The van der Waals surface area contributed by atoms with Gasteiger partial charge in [0.05, 0.1) is 4.90 Å². The summed E-state index contributed by atoms with van der Waals surface area (Å²) in [7, 11) is -3.53. The molecule has 1 saturated carbocycles. The van der Waals surface area contributed by atoms with Crippen LogP contribution in [-0.2, 0) is 10.0 Å². The van der Waals surface area contributed by atoms with E-state index in [0.717, 1.165) is 24.6 Å². The number of hydrogen-bond donors (Lipinski definition) is 2. The number of nitrogen functional groups attached to an aromatic ring is 1. The van der Waals surface area contributed by atoms with E-state index >= 15 is 0 Å². The Morgan fingerprint density at radius 1 is 1.10 bits per heavy atom. The highest BCUT2D eigenvalue weighted by Crippen LogP contribution is 2.30. The Hall–Kier alpha value is -1.59. The summed E-state index contributed by atoms with van der Waals surface area (Å²) >= 11 is 0. The van der Waals surface area contributed by atoms with E-state index in [9.17, 15) is 8.42 Å². The molecule has 0 radical (unpaired) electrons. The molecule has 1 fully saturated rings. The molecule has 4 nitrogen and oxygen atoms in total. The van der Waals surface area contributed by atoms with Crippen molar-refractivity contribution in [3.63, 3.8) is 0 Å². The van der Waals surface area contributed by atoms with Crippen LogP contribution in [0.2, 0.25) is 0 Å². The van der Waals surface area contributed by atoms with E-state index in [1.165, 1.54) is 0 Å². The van der Waals surface area contributed by atoms with Crippen LogP contribution in [0.5, 0.6) is 0 Å². The topological polar surface area (TPSA) is 72.2 Å². The molecule has 0 aliphatic heterocycles. The van der Waals surface area contributed by atoms with Crippen LogP contribution in [0.3, 0.4) is 0 Å². The third-order valence-corrected chi connectivity index (χ3v) is 5.92. The summed E-state index contributed by atoms with van der Waals surface area (Å²) in [6, 6.07) is 10.6. The van der Waals surface area contributed by atoms with Crippen LogP contribution in [-0.4, -0.2) is 14.5 Å². The van der Waals surface area contributed by atoms with Gasteiger partial charge in [-0.15, -0.1) is 0 Å². The van der Waals surface area contributed by atoms with Gasteiger partial charge < -0.3 is 5.73 Å². The van der Waals surface area contributed by atoms with Gasteiger partial charge in [0.15, 0.2) is 0 Å². The SMILES string of the molecule is CC1CCCC1NS(=O)(=O)c1ccc(N)c2ccccc12. The molecule has 2 aromatic carbocycles. The Balaban J connectivity index is 2.05. The van der Waals surface area contributed by atoms with E-state index in [1.54, 1.807) is 18.2 Å². The van der Waals surface area contributed by atoms with E-state index < -0.39 is 10.0 Å². The number of sulfonamides is 1. The van der Waals surface area contributed by atoms with Crippen molar-refractivity contribution in [3.8, 4) is 0 Å². The molecule has 0 bridgehead atoms. The van der Waals surface area contributed by atoms with Crippen LogP contribution >= 0.6 is 0 Å². The van der Waals surface area contributed by atoms with Crippen LogP contribution in [0.4, 0.5) is 5.69 Å². The first-order chi connectivity index (χ1) is 9.99. The minimum atomic E-state index is -3.53. The van der Waals surface area contributed by atoms with Crippen LogP contribution in [0, 0.1) is 5.92 Å². The average molecular weight is 304 g/mol. The maximum absolute atomic E-state index is 12.7. The monoisotopic (exact) mass is 304 g/mol. The molecule has 2 aromatic rings. The number of fused-ring (bicyclic) bond motifs is 1. The quantitative estimate of drug-likeness (QED) is 0.856. The standard InChI is InChI=1S/C16H20N2O2S/c1-11-5-4-8-15(11)18-21(19,20)16-10-9-14(17)12-6-2-3-7-13(12)16/h2-3,6-7,9-11,15,18H,4-5,8,17H2,1H3. The minimum Gasteiger partial charge on any atom is -0.398 e. The lowest BCUT2D eigenvalue weighted by Gasteiger charge is -2.18. The number of hydrogen-bond acceptors (Lipinski definition) is 3. The van der Waals surface area contributed by atoms with E-state index in [2.05, 4.69) is 11.6 Å². The molecular weight excluding hydrogens is 284 g/mol. The predicted octanol–water partition coefficient (Wildman–Crippen LogP) is 2.89. The smallest absolute Gasteiger partial charge is 0.241 e. The summed E-state index contributed by atoms with van der Waals surface area (Å²) in [5, 5.41) is 1.45. The second kappa shape index (κ2) is 5.31. The van der Waals surface area contributed by atoms with Gasteiger partial charge in [-0.05, 0) is 30.9 Å². The number of nitrogens with one attached hydrogen (secondary N) is 1. The van der Waals surface area contributed by atoms with E-state index in [1.807, 2.05) is 18.2 Å². The van der Waals surface area contributed by atoms with Gasteiger partial charge in [0.2, 0.25) is 10.0 Å². The minimum absolute atomic E-state index is 0.0336. The summed E-state index contributed by atoms with van der Waals surface area (Å²) < 4.78 is 28.3. The van der Waals surface area contributed by atoms with E-state index in [0.29, 0.717) is 21.9 Å². The van der Waals surface area contributed by atoms with Crippen LogP contribution in [0.1, 0.15) is 26.2 Å². The van der Waals surface area contributed by atoms with Crippen LogP contribution < -0.4 is 10.5 Å². The summed E-state index contributed by atoms with van der Waals surface area (Å²) in [5.74, 6) is 0.389. The molecule has 0 amide bonds. The lowest BCUT2D eigenvalue weighted by Crippen LogP contribution is -2.36. The highest BCUT2D eigenvalue weighted by molar-refractivity contribution is 7.89. The third-order valence-electron chi connectivity index (χ3n) is 4.38. The lowest BCUT2D eigenvalue weighted by atomic mass is 10.1. The summed E-state index contributed by atoms with van der Waals surface area (Å²) in [6.07, 6.45) is 3.07. The van der Waals surface area contributed by atoms with Crippen molar-refractivity contribution in [1.29, 1.82) is 0 Å². The molecule has 0 spiro atoms. The summed E-state index contributed by atoms with van der Waals surface area (Å²) in [4.78, 5) is 0.311. The number of nitrogens with two attached hydrogens (primary N) is 1. The molecule has 21 heavy (non-hydrogen) atoms. The van der Waals surface area contributed by atoms with Crippen molar-refractivity contribution in [2.24, 2.45) is 5.92 Å². The van der Waals surface area contributed by atoms with Gasteiger partial charge in [0.1, 0.15) is 0 Å². The normalized spacial score (nSPS) is 22.7. The highest BCUT2D eigenvalue weighted by atomic mass is 32.2. The Morgan fingerprint density at radius 2 is 1.81 bits per heavy atom. The first-order valence-electron chi connectivity index (χ1n) is 7.28. The Morgan fingerprint density at radius 3 is 2.48 bits per heavy atom. The molecule has 0 heterocycles. The maximum Gasteiger partial charge on any atom is 0.241 e. The first kappa shape index (κ1) is 14.4. The number of benzene rings is 2. The molecule has 1 aliphatic rings. The molecule has 112 valence electrons. The van der Waals surface area contributed by atoms with Gasteiger partial charge in [-0.2, -0.15) is 0 Å². The van der Waals surface area contributed by atoms with E-state index in [4.69, 9.17) is 5.73 Å². The van der Waals surface area contributed by atoms with E-state index in [-0.39, 0.29) is 6.04 Å². The molecule has 3 rings (SSSR count). The van der Waals surface area contributed by atoms with Crippen molar-refractivity contribution in [3.05, 3.63) is 36.4 Å². The van der Waals surface area contributed by atoms with Gasteiger partial charge in [-0.3, -0.25) is 0 Å². The van der Waals surface area contributed by atoms with Crippen molar-refractivity contribution < 1.29 is 8.42 Å². The third kappa shape index (κ3) is 2.63. The molecule has 0 aromatic heterocycles. The second-order valence-electron chi connectivity index (χ2n) is 5.83. The van der Waals surface area contributed by atoms with Crippen molar-refractivity contribution in [1.82, 2.24) is 4.72 Å². The fourth-order valence-electron chi connectivity index (χ4n) is 3.11. The Kier molecular flexibility index (Phi) is 3.63. The van der Waals surface area contributed by atoms with Gasteiger partial charge in [0, 0.05) is 22.5 Å². The molecule has 0 saturated heterocycles. The average Bonchev–Trinajstić information content (AvgIpc) is 2.84. The molecular formula is C16H20N2O2S. The van der Waals surface area contributed by atoms with Gasteiger partial charge >= 0.3 is 0 Å². The van der Waals surface area contributed by atoms with Crippen LogP contribution in [0.25, 0.3) is 10.8 Å². The first-order valence-corrected chi connectivity index (χ1v) is 8.77. The second-order valence-corrected chi connectivity index (χ2v) is 7.52. The molecule has 2 atom stereocenters. The fourth-order valence-corrected chi connectivity index (χ4v) is 4.70. The summed E-state index contributed by atoms with van der Waals surface area (Å²) in [5.41, 5.74) is 6.53. The van der Waals surface area contributed by atoms with Crippen LogP contribution in [0.15, 0.2) is 41.3 Å². The fraction of sp³-hybridized carbons (Fsp3) is 0.375. The van der Waals surface area contributed by atoms with Gasteiger partial charge in [0.25, 0.3) is 0 Å². The summed E-state index contributed by atoms with van der Waals surface area (Å²) in [6.45, 7) is 2.10. The van der Waals surface area contributed by atoms with Crippen molar-refractivity contribution >= 4 is 26.5 Å². The molecule has 3 N–H and O–H groups in total. The largest absolute Gasteiger partial charge is 0.398 e. The number of rotatable bonds is 3. The zero-order valence-corrected chi connectivity index (χ0v) is 12.9. The zero-order valence-electron chi connectivity index (χ0n) is 12.0. The van der Waals surface area contributed by atoms with Crippen molar-refractivity contribution in [2.75, 3.05) is 5.73 Å². The highest BCUT2D eigenvalue weighted by Gasteiger charge is 2.29. The predicted molar refractivity (Wildman–Crippen MR) is 85.5 cm³/mol. The number of anilines is 1. The molecule has 5 heteroatoms. The van der Waals surface area contributed by atoms with Crippen molar-refractivity contribution in [2.45, 2.75) is 37.1 Å².